The zero-order valence-corrected chi connectivity index (χ0v) is 14.0. The van der Waals surface area contributed by atoms with E-state index in [2.05, 4.69) is 28.5 Å². The normalized spacial score (nSPS) is 11.6. The molecule has 4 nitrogen and oxygen atoms in total. The molecule has 0 saturated carbocycles. The minimum atomic E-state index is -0.682. The van der Waals surface area contributed by atoms with Crippen molar-refractivity contribution in [3.63, 3.8) is 0 Å². The summed E-state index contributed by atoms with van der Waals surface area (Å²) in [4.78, 5) is 4.32. The Kier molecular flexibility index (Phi) is 5.08. The van der Waals surface area contributed by atoms with E-state index in [4.69, 9.17) is 5.26 Å². The first kappa shape index (κ1) is 16.7. The van der Waals surface area contributed by atoms with Crippen LogP contribution in [0.5, 0.6) is 0 Å². The number of aryl methyl sites for hydroxylation is 1. The Labute approximate surface area is 147 Å². The van der Waals surface area contributed by atoms with Crippen molar-refractivity contribution in [2.24, 2.45) is 0 Å². The molecular formula is C21H19N3O. The molecule has 1 aromatic heterocycles. The molecule has 0 fully saturated rings. The number of aliphatic hydroxyl groups excluding tert-OH is 1. The van der Waals surface area contributed by atoms with Crippen molar-refractivity contribution in [1.82, 2.24) is 4.98 Å². The Morgan fingerprint density at radius 3 is 2.36 bits per heavy atom. The van der Waals surface area contributed by atoms with Gasteiger partial charge in [0.15, 0.2) is 0 Å². The summed E-state index contributed by atoms with van der Waals surface area (Å²) >= 11 is 0. The van der Waals surface area contributed by atoms with Gasteiger partial charge < -0.3 is 10.4 Å². The molecule has 0 radical (unpaired) electrons. The van der Waals surface area contributed by atoms with Gasteiger partial charge in [0, 0.05) is 12.2 Å². The average molecular weight is 329 g/mol. The number of pyridine rings is 1. The third-order valence-electron chi connectivity index (χ3n) is 4.02. The van der Waals surface area contributed by atoms with E-state index in [0.717, 1.165) is 22.4 Å². The molecule has 25 heavy (non-hydrogen) atoms. The van der Waals surface area contributed by atoms with Crippen LogP contribution in [0.15, 0.2) is 66.7 Å². The fourth-order valence-corrected chi connectivity index (χ4v) is 2.62. The molecule has 0 bridgehead atoms. The molecule has 124 valence electrons. The Morgan fingerprint density at radius 1 is 1.00 bits per heavy atom. The van der Waals surface area contributed by atoms with Crippen LogP contribution in [-0.2, 0) is 0 Å². The van der Waals surface area contributed by atoms with Gasteiger partial charge in [-0.3, -0.25) is 0 Å². The lowest BCUT2D eigenvalue weighted by molar-refractivity contribution is 0.191. The third kappa shape index (κ3) is 4.03. The van der Waals surface area contributed by atoms with Crippen molar-refractivity contribution in [2.75, 3.05) is 11.9 Å². The molecule has 4 heteroatoms. The summed E-state index contributed by atoms with van der Waals surface area (Å²) in [5.74, 6) is 0.502. The molecule has 0 aliphatic carbocycles. The van der Waals surface area contributed by atoms with Gasteiger partial charge in [0.05, 0.1) is 11.7 Å². The van der Waals surface area contributed by atoms with Crippen molar-refractivity contribution in [2.45, 2.75) is 13.0 Å². The summed E-state index contributed by atoms with van der Waals surface area (Å²) in [6.45, 7) is 2.15. The van der Waals surface area contributed by atoms with Gasteiger partial charge in [0.25, 0.3) is 0 Å². The number of aromatic nitrogens is 1. The molecule has 2 N–H and O–H groups in total. The second-order valence-electron chi connectivity index (χ2n) is 5.85. The van der Waals surface area contributed by atoms with Crippen LogP contribution in [0.4, 0.5) is 5.82 Å². The maximum atomic E-state index is 10.4. The molecule has 1 heterocycles. The lowest BCUT2D eigenvalue weighted by atomic mass is 10.0. The maximum Gasteiger partial charge on any atom is 0.144 e. The smallest absolute Gasteiger partial charge is 0.144 e. The average Bonchev–Trinajstić information content (AvgIpc) is 2.67. The van der Waals surface area contributed by atoms with Gasteiger partial charge in [-0.15, -0.1) is 0 Å². The second kappa shape index (κ2) is 7.61. The fourth-order valence-electron chi connectivity index (χ4n) is 2.62. The van der Waals surface area contributed by atoms with Crippen LogP contribution in [0.3, 0.4) is 0 Å². The molecule has 1 unspecified atom stereocenters. The van der Waals surface area contributed by atoms with Gasteiger partial charge in [-0.1, -0.05) is 54.6 Å². The largest absolute Gasteiger partial charge is 0.387 e. The van der Waals surface area contributed by atoms with Crippen LogP contribution in [0.25, 0.3) is 11.1 Å². The van der Waals surface area contributed by atoms with Crippen LogP contribution in [0, 0.1) is 18.3 Å². The number of nitrogens with zero attached hydrogens (tertiary/aromatic N) is 2. The van der Waals surface area contributed by atoms with Crippen molar-refractivity contribution in [3.05, 3.63) is 83.6 Å². The summed E-state index contributed by atoms with van der Waals surface area (Å²) in [6, 6.07) is 23.6. The van der Waals surface area contributed by atoms with Gasteiger partial charge in [0.1, 0.15) is 11.9 Å². The summed E-state index contributed by atoms with van der Waals surface area (Å²) in [6.07, 6.45) is -0.682. The first-order valence-corrected chi connectivity index (χ1v) is 8.12. The molecule has 0 aliphatic heterocycles. The standard InChI is InChI=1S/C21H19N3O/c1-15-7-8-19(13-22)21(24-15)23-14-20(25)18-11-9-17(10-12-18)16-5-3-2-4-6-16/h2-12,20,25H,14H2,1H3,(H,23,24). The van der Waals surface area contributed by atoms with E-state index in [0.29, 0.717) is 11.4 Å². The van der Waals surface area contributed by atoms with Crippen molar-refractivity contribution < 1.29 is 5.11 Å². The lowest BCUT2D eigenvalue weighted by Crippen LogP contribution is -2.14. The van der Waals surface area contributed by atoms with Crippen LogP contribution in [-0.4, -0.2) is 16.6 Å². The number of anilines is 1. The topological polar surface area (TPSA) is 68.9 Å². The van der Waals surface area contributed by atoms with E-state index >= 15 is 0 Å². The fraction of sp³-hybridized carbons (Fsp3) is 0.143. The lowest BCUT2D eigenvalue weighted by Gasteiger charge is -2.14. The predicted molar refractivity (Wildman–Crippen MR) is 99.0 cm³/mol. The first-order valence-electron chi connectivity index (χ1n) is 8.12. The Morgan fingerprint density at radius 2 is 1.68 bits per heavy atom. The summed E-state index contributed by atoms with van der Waals surface area (Å²) in [7, 11) is 0. The quantitative estimate of drug-likeness (QED) is 0.740. The van der Waals surface area contributed by atoms with Gasteiger partial charge in [-0.25, -0.2) is 4.98 Å². The van der Waals surface area contributed by atoms with Crippen LogP contribution in [0.1, 0.15) is 22.9 Å². The SMILES string of the molecule is Cc1ccc(C#N)c(NCC(O)c2ccc(-c3ccccc3)cc2)n1. The van der Waals surface area contributed by atoms with E-state index in [1.165, 1.54) is 0 Å². The first-order chi connectivity index (χ1) is 12.2. The van der Waals surface area contributed by atoms with Crippen LogP contribution >= 0.6 is 0 Å². The molecule has 0 spiro atoms. The molecule has 1 atom stereocenters. The minimum absolute atomic E-state index is 0.288. The van der Waals surface area contributed by atoms with E-state index in [9.17, 15) is 5.11 Å². The van der Waals surface area contributed by atoms with E-state index in [-0.39, 0.29) is 6.54 Å². The van der Waals surface area contributed by atoms with Crippen molar-refractivity contribution in [3.8, 4) is 17.2 Å². The van der Waals surface area contributed by atoms with E-state index < -0.39 is 6.10 Å². The molecule has 3 rings (SSSR count). The van der Waals surface area contributed by atoms with Crippen LogP contribution in [0.2, 0.25) is 0 Å². The number of rotatable bonds is 5. The van der Waals surface area contributed by atoms with Gasteiger partial charge >= 0.3 is 0 Å². The number of hydrogen-bond acceptors (Lipinski definition) is 4. The Hall–Kier alpha value is -3.16. The monoisotopic (exact) mass is 329 g/mol. The van der Waals surface area contributed by atoms with Crippen LogP contribution < -0.4 is 5.32 Å². The highest BCUT2D eigenvalue weighted by Gasteiger charge is 2.10. The van der Waals surface area contributed by atoms with Crippen molar-refractivity contribution in [1.29, 1.82) is 5.26 Å². The zero-order valence-electron chi connectivity index (χ0n) is 14.0. The highest BCUT2D eigenvalue weighted by atomic mass is 16.3. The number of nitrogens with one attached hydrogen (secondary N) is 1. The highest BCUT2D eigenvalue weighted by Crippen LogP contribution is 2.22. The zero-order chi connectivity index (χ0) is 17.6. The highest BCUT2D eigenvalue weighted by molar-refractivity contribution is 5.63. The predicted octanol–water partition coefficient (Wildman–Crippen LogP) is 4.07. The number of aliphatic hydroxyl groups is 1. The summed E-state index contributed by atoms with van der Waals surface area (Å²) in [5, 5.41) is 22.6. The number of benzene rings is 2. The third-order valence-corrected chi connectivity index (χ3v) is 4.02. The molecule has 0 saturated heterocycles. The molecule has 0 aliphatic rings. The molecular weight excluding hydrogens is 310 g/mol. The van der Waals surface area contributed by atoms with Gasteiger partial charge in [-0.2, -0.15) is 5.26 Å². The van der Waals surface area contributed by atoms with Crippen molar-refractivity contribution >= 4 is 5.82 Å². The van der Waals surface area contributed by atoms with Gasteiger partial charge in [0.2, 0.25) is 0 Å². The number of nitriles is 1. The van der Waals surface area contributed by atoms with E-state index in [1.807, 2.05) is 49.4 Å². The minimum Gasteiger partial charge on any atom is -0.387 e. The molecule has 3 aromatic rings. The van der Waals surface area contributed by atoms with Gasteiger partial charge in [-0.05, 0) is 35.7 Å². The van der Waals surface area contributed by atoms with E-state index in [1.54, 1.807) is 12.1 Å². The second-order valence-corrected chi connectivity index (χ2v) is 5.85. The summed E-state index contributed by atoms with van der Waals surface area (Å²) < 4.78 is 0. The Balaban J connectivity index is 1.69. The summed E-state index contributed by atoms with van der Waals surface area (Å²) in [5.41, 5.74) is 4.36. The maximum absolute atomic E-state index is 10.4. The Bertz CT molecular complexity index is 883. The molecule has 0 amide bonds. The number of hydrogen-bond donors (Lipinski definition) is 2. The molecule has 2 aromatic carbocycles.